The van der Waals surface area contributed by atoms with Crippen molar-refractivity contribution in [2.75, 3.05) is 26.4 Å². The van der Waals surface area contributed by atoms with Crippen LogP contribution < -0.4 is 5.32 Å². The number of carbonyl (C=O) groups is 1. The van der Waals surface area contributed by atoms with Crippen molar-refractivity contribution < 1.29 is 89.4 Å². The molecule has 0 aliphatic carbocycles. The lowest BCUT2D eigenvalue weighted by molar-refractivity contribution is -0.379. The van der Waals surface area contributed by atoms with Crippen LogP contribution in [0, 0.1) is 0 Å². The molecule has 3 aliphatic heterocycles. The highest BCUT2D eigenvalue weighted by atomic mass is 16.8. The molecule has 17 atom stereocenters. The number of nitrogens with one attached hydrogen (secondary N) is 1. The summed E-state index contributed by atoms with van der Waals surface area (Å²) in [7, 11) is 0. The van der Waals surface area contributed by atoms with E-state index in [1.807, 2.05) is 6.08 Å². The molecular formula is C93H165NO18. The molecular weight excluding hydrogens is 1420 g/mol. The zero-order valence-corrected chi connectivity index (χ0v) is 70.1. The van der Waals surface area contributed by atoms with Gasteiger partial charge in [-0.25, -0.2) is 0 Å². The Hall–Kier alpha value is -3.29. The Morgan fingerprint density at radius 2 is 0.625 bits per heavy atom. The summed E-state index contributed by atoms with van der Waals surface area (Å²) in [5.74, 6) is -0.281. The third-order valence-electron chi connectivity index (χ3n) is 22.1. The highest BCUT2D eigenvalue weighted by molar-refractivity contribution is 5.76. The lowest BCUT2D eigenvalue weighted by Crippen LogP contribution is -2.66. The smallest absolute Gasteiger partial charge is 0.220 e. The molecule has 0 saturated carbocycles. The monoisotopic (exact) mass is 1580 g/mol. The summed E-state index contributed by atoms with van der Waals surface area (Å²) in [4.78, 5) is 13.5. The molecule has 650 valence electrons. The molecule has 3 rings (SSSR count). The van der Waals surface area contributed by atoms with Gasteiger partial charge in [-0.1, -0.05) is 361 Å². The zero-order chi connectivity index (χ0) is 81.0. The van der Waals surface area contributed by atoms with Gasteiger partial charge >= 0.3 is 0 Å². The fourth-order valence-electron chi connectivity index (χ4n) is 14.9. The van der Waals surface area contributed by atoms with Crippen LogP contribution in [0.25, 0.3) is 0 Å². The van der Waals surface area contributed by atoms with Gasteiger partial charge in [-0.05, 0) is 83.5 Å². The first-order valence-electron chi connectivity index (χ1n) is 45.5. The van der Waals surface area contributed by atoms with Crippen molar-refractivity contribution in [3.63, 3.8) is 0 Å². The third kappa shape index (κ3) is 49.8. The fourth-order valence-corrected chi connectivity index (χ4v) is 14.9. The number of hydrogen-bond donors (Lipinski definition) is 12. The van der Waals surface area contributed by atoms with Gasteiger partial charge in [0.1, 0.15) is 73.2 Å². The van der Waals surface area contributed by atoms with Crippen molar-refractivity contribution in [3.8, 4) is 0 Å². The van der Waals surface area contributed by atoms with E-state index in [9.17, 15) is 61.0 Å². The highest BCUT2D eigenvalue weighted by Gasteiger charge is 2.54. The molecule has 17 unspecified atom stereocenters. The van der Waals surface area contributed by atoms with Gasteiger partial charge in [-0.2, -0.15) is 0 Å². The maximum Gasteiger partial charge on any atom is 0.220 e. The van der Waals surface area contributed by atoms with Crippen LogP contribution in [0.4, 0.5) is 0 Å². The Morgan fingerprint density at radius 1 is 0.330 bits per heavy atom. The van der Waals surface area contributed by atoms with Crippen molar-refractivity contribution in [1.82, 2.24) is 5.32 Å². The number of amides is 1. The van der Waals surface area contributed by atoms with Crippen molar-refractivity contribution in [1.29, 1.82) is 0 Å². The van der Waals surface area contributed by atoms with Gasteiger partial charge in [0, 0.05) is 6.42 Å². The topological polar surface area (TPSA) is 307 Å². The lowest BCUT2D eigenvalue weighted by atomic mass is 9.96. The molecule has 0 spiro atoms. The molecule has 1 amide bonds. The molecule has 0 bridgehead atoms. The van der Waals surface area contributed by atoms with E-state index >= 15 is 0 Å². The number of ether oxygens (including phenoxy) is 6. The zero-order valence-electron chi connectivity index (χ0n) is 70.1. The summed E-state index contributed by atoms with van der Waals surface area (Å²) in [5.41, 5.74) is 0. The average molecular weight is 1590 g/mol. The second-order valence-corrected chi connectivity index (χ2v) is 32.0. The number of carbonyl (C=O) groups excluding carboxylic acids is 1. The molecule has 19 nitrogen and oxygen atoms in total. The van der Waals surface area contributed by atoms with E-state index in [0.29, 0.717) is 12.8 Å². The van der Waals surface area contributed by atoms with E-state index in [2.05, 4.69) is 104 Å². The minimum Gasteiger partial charge on any atom is -0.394 e. The summed E-state index contributed by atoms with van der Waals surface area (Å²) < 4.78 is 34.5. The molecule has 0 aromatic carbocycles. The average Bonchev–Trinajstić information content (AvgIpc) is 0.780. The molecule has 3 heterocycles. The van der Waals surface area contributed by atoms with Crippen molar-refractivity contribution >= 4 is 5.91 Å². The first-order chi connectivity index (χ1) is 54.8. The quantitative estimate of drug-likeness (QED) is 0.0199. The van der Waals surface area contributed by atoms with Crippen LogP contribution >= 0.6 is 0 Å². The number of allylic oxidation sites excluding steroid dienone is 15. The van der Waals surface area contributed by atoms with Gasteiger partial charge < -0.3 is 89.9 Å². The van der Waals surface area contributed by atoms with Crippen LogP contribution in [-0.4, -0.2) is 193 Å². The van der Waals surface area contributed by atoms with Gasteiger partial charge in [-0.15, -0.1) is 0 Å². The Kier molecular flexibility index (Phi) is 66.0. The molecule has 3 aliphatic rings. The van der Waals surface area contributed by atoms with Crippen molar-refractivity contribution in [3.05, 3.63) is 97.2 Å². The number of unbranched alkanes of at least 4 members (excludes halogenated alkanes) is 43. The molecule has 3 fully saturated rings. The van der Waals surface area contributed by atoms with Gasteiger partial charge in [0.05, 0.1) is 38.6 Å². The third-order valence-corrected chi connectivity index (χ3v) is 22.1. The van der Waals surface area contributed by atoms with Crippen LogP contribution in [0.3, 0.4) is 0 Å². The number of hydrogen-bond acceptors (Lipinski definition) is 18. The fraction of sp³-hybridized carbons (Fsp3) is 0.817. The number of rotatable bonds is 73. The summed E-state index contributed by atoms with van der Waals surface area (Å²) >= 11 is 0. The van der Waals surface area contributed by atoms with Crippen molar-refractivity contribution in [2.45, 2.75) is 458 Å². The van der Waals surface area contributed by atoms with Crippen LogP contribution in [0.1, 0.15) is 354 Å². The molecule has 0 aromatic heterocycles. The van der Waals surface area contributed by atoms with E-state index in [4.69, 9.17) is 28.4 Å². The second kappa shape index (κ2) is 71.8. The van der Waals surface area contributed by atoms with Gasteiger partial charge in [0.15, 0.2) is 18.9 Å². The minimum absolute atomic E-state index is 0.235. The van der Waals surface area contributed by atoms with Crippen molar-refractivity contribution in [2.24, 2.45) is 0 Å². The summed E-state index contributed by atoms with van der Waals surface area (Å²) in [6.45, 7) is 1.65. The Balaban J connectivity index is 1.32. The number of aliphatic hydroxyl groups is 11. The standard InChI is InChI=1S/C93H165NO18/c1-3-5-7-9-11-13-15-17-19-21-23-25-27-29-31-33-34-35-36-37-38-39-40-41-42-43-45-47-49-51-53-55-57-59-61-63-65-67-69-71-81(99)94-76(77(98)70-68-66-64-62-60-58-56-54-52-50-48-46-44-32-30-28-26-24-22-20-18-16-14-12-10-8-6-4-2)75-107-91-87(105)84(102)89(79(73-96)109-91)112-93-88(106)85(103)90(80(74-97)110-93)111-92-86(104)83(101)82(100)78(72-95)108-92/h5,7,11,13,17,19,23,25,29,31,34-35,60,62,68,70,76-80,82-93,95-98,100-106H,3-4,6,8-10,12,14-16,18,20-22,24,26-28,30,32-33,36-59,61,63-67,69,71-75H2,1-2H3,(H,94,99)/b7-5-,13-11-,19-17-,25-23-,31-29-,35-34-,62-60+,70-68+. The molecule has 0 aromatic rings. The first kappa shape index (κ1) is 103. The van der Waals surface area contributed by atoms with Gasteiger partial charge in [0.25, 0.3) is 0 Å². The largest absolute Gasteiger partial charge is 0.394 e. The summed E-state index contributed by atoms with van der Waals surface area (Å²) in [6.07, 6.45) is 72.8. The van der Waals surface area contributed by atoms with Crippen LogP contribution in [0.2, 0.25) is 0 Å². The Morgan fingerprint density at radius 3 is 1.00 bits per heavy atom. The van der Waals surface area contributed by atoms with E-state index < -0.39 is 124 Å². The predicted molar refractivity (Wildman–Crippen MR) is 452 cm³/mol. The maximum absolute atomic E-state index is 13.5. The normalized spacial score (nSPS) is 25.4. The summed E-state index contributed by atoms with van der Waals surface area (Å²) in [6, 6.07) is -0.995. The lowest BCUT2D eigenvalue weighted by Gasteiger charge is -2.48. The maximum atomic E-state index is 13.5. The van der Waals surface area contributed by atoms with E-state index in [1.54, 1.807) is 6.08 Å². The predicted octanol–water partition coefficient (Wildman–Crippen LogP) is 17.5. The van der Waals surface area contributed by atoms with Crippen LogP contribution in [0.5, 0.6) is 0 Å². The SMILES string of the molecule is CC/C=C\C/C=C\C/C=C\C/C=C\C/C=C\C/C=C\CCCCCCCCCCCCCCCCCCCCCCC(=O)NC(COC1OC(CO)C(OC2OC(CO)C(OC3OC(CO)C(O)C(O)C3O)C(O)C2O)C(O)C1O)C(O)/C=C/CC/C=C/CCCCCCCCCCCCCCCCCCCCCCCC. The molecule has 3 saturated heterocycles. The molecule has 112 heavy (non-hydrogen) atoms. The molecule has 12 N–H and O–H groups in total. The molecule has 0 radical (unpaired) electrons. The van der Waals surface area contributed by atoms with Gasteiger partial charge in [0.2, 0.25) is 5.91 Å². The second-order valence-electron chi connectivity index (χ2n) is 32.0. The van der Waals surface area contributed by atoms with Crippen LogP contribution in [-0.2, 0) is 33.2 Å². The summed E-state index contributed by atoms with van der Waals surface area (Å²) in [5, 5.41) is 121. The number of aliphatic hydroxyl groups excluding tert-OH is 11. The van der Waals surface area contributed by atoms with E-state index in [1.165, 1.54) is 244 Å². The molecule has 19 heteroatoms. The van der Waals surface area contributed by atoms with Gasteiger partial charge in [-0.3, -0.25) is 4.79 Å². The van der Waals surface area contributed by atoms with E-state index in [-0.39, 0.29) is 18.9 Å². The minimum atomic E-state index is -1.98. The Labute approximate surface area is 679 Å². The van der Waals surface area contributed by atoms with E-state index in [0.717, 1.165) is 77.0 Å². The first-order valence-corrected chi connectivity index (χ1v) is 45.5. The highest BCUT2D eigenvalue weighted by Crippen LogP contribution is 2.34. The Bertz CT molecular complexity index is 2400. The van der Waals surface area contributed by atoms with Crippen LogP contribution in [0.15, 0.2) is 97.2 Å².